The maximum Gasteiger partial charge on any atom is 0.220 e. The van der Waals surface area contributed by atoms with Crippen LogP contribution in [0.1, 0.15) is 206 Å². The number of aliphatic hydroxyl groups excluding tert-OH is 2. The summed E-state index contributed by atoms with van der Waals surface area (Å²) in [4.78, 5) is 12.4. The van der Waals surface area contributed by atoms with Gasteiger partial charge in [0.1, 0.15) is 0 Å². The van der Waals surface area contributed by atoms with Gasteiger partial charge in [0.25, 0.3) is 0 Å². The van der Waals surface area contributed by atoms with E-state index in [1.54, 1.807) is 6.08 Å². The van der Waals surface area contributed by atoms with Crippen LogP contribution in [0.2, 0.25) is 0 Å². The van der Waals surface area contributed by atoms with E-state index in [9.17, 15) is 15.0 Å². The smallest absolute Gasteiger partial charge is 0.220 e. The number of carbonyl (C=O) groups is 1. The molecule has 0 rings (SSSR count). The van der Waals surface area contributed by atoms with Gasteiger partial charge in [0.15, 0.2) is 0 Å². The second-order valence-electron chi connectivity index (χ2n) is 16.5. The van der Waals surface area contributed by atoms with E-state index in [1.165, 1.54) is 96.3 Å². The molecule has 0 aliphatic heterocycles. The molecule has 0 aromatic rings. The van der Waals surface area contributed by atoms with E-state index >= 15 is 0 Å². The van der Waals surface area contributed by atoms with Gasteiger partial charge in [0.2, 0.25) is 5.91 Å². The molecule has 0 fully saturated rings. The largest absolute Gasteiger partial charge is 0.394 e. The summed E-state index contributed by atoms with van der Waals surface area (Å²) in [6, 6.07) is -0.654. The van der Waals surface area contributed by atoms with Crippen molar-refractivity contribution in [2.24, 2.45) is 0 Å². The van der Waals surface area contributed by atoms with Crippen molar-refractivity contribution in [2.45, 2.75) is 219 Å². The molecule has 0 spiro atoms. The highest BCUT2D eigenvalue weighted by atomic mass is 16.3. The van der Waals surface area contributed by atoms with E-state index in [0.717, 1.165) is 89.9 Å². The molecule has 2 unspecified atom stereocenters. The molecule has 3 N–H and O–H groups in total. The molecule has 0 saturated heterocycles. The van der Waals surface area contributed by atoms with E-state index in [-0.39, 0.29) is 12.5 Å². The van der Waals surface area contributed by atoms with E-state index in [0.29, 0.717) is 6.42 Å². The Morgan fingerprint density at radius 2 is 0.726 bits per heavy atom. The Morgan fingerprint density at radius 3 is 1.13 bits per heavy atom. The van der Waals surface area contributed by atoms with Crippen molar-refractivity contribution in [1.82, 2.24) is 5.32 Å². The summed E-state index contributed by atoms with van der Waals surface area (Å²) in [7, 11) is 0. The van der Waals surface area contributed by atoms with Gasteiger partial charge in [-0.05, 0) is 109 Å². The van der Waals surface area contributed by atoms with Gasteiger partial charge in [-0.1, -0.05) is 225 Å². The van der Waals surface area contributed by atoms with Crippen LogP contribution in [0.3, 0.4) is 0 Å². The highest BCUT2D eigenvalue weighted by molar-refractivity contribution is 5.76. The first-order chi connectivity index (χ1) is 30.7. The average Bonchev–Trinajstić information content (AvgIpc) is 3.28. The molecule has 0 radical (unpaired) electrons. The van der Waals surface area contributed by atoms with Crippen molar-refractivity contribution < 1.29 is 15.0 Å². The van der Waals surface area contributed by atoms with Crippen LogP contribution < -0.4 is 5.32 Å². The number of carbonyl (C=O) groups excluding carboxylic acids is 1. The van der Waals surface area contributed by atoms with Gasteiger partial charge < -0.3 is 15.5 Å². The summed E-state index contributed by atoms with van der Waals surface area (Å²) < 4.78 is 0. The zero-order chi connectivity index (χ0) is 44.9. The van der Waals surface area contributed by atoms with Crippen LogP contribution >= 0.6 is 0 Å². The molecule has 0 aromatic heterocycles. The Hall–Kier alpha value is -3.47. The van der Waals surface area contributed by atoms with Gasteiger partial charge >= 0.3 is 0 Å². The number of hydrogen-bond acceptors (Lipinski definition) is 3. The van der Waals surface area contributed by atoms with Crippen molar-refractivity contribution in [1.29, 1.82) is 0 Å². The third-order valence-corrected chi connectivity index (χ3v) is 10.6. The lowest BCUT2D eigenvalue weighted by atomic mass is 10.0. The van der Waals surface area contributed by atoms with Crippen LogP contribution in [0.15, 0.2) is 134 Å². The highest BCUT2D eigenvalue weighted by Gasteiger charge is 2.17. The summed E-state index contributed by atoms with van der Waals surface area (Å²) in [5, 5.41) is 23.0. The molecule has 0 aliphatic carbocycles. The van der Waals surface area contributed by atoms with Gasteiger partial charge in [-0.3, -0.25) is 4.79 Å². The summed E-state index contributed by atoms with van der Waals surface area (Å²) in [5.41, 5.74) is 0. The summed E-state index contributed by atoms with van der Waals surface area (Å²) in [6.07, 6.45) is 81.6. The molecule has 0 aromatic carbocycles. The number of unbranched alkanes of at least 4 members (excludes halogenated alkanes) is 17. The van der Waals surface area contributed by atoms with Gasteiger partial charge in [-0.2, -0.15) is 0 Å². The second-order valence-corrected chi connectivity index (χ2v) is 16.5. The topological polar surface area (TPSA) is 69.6 Å². The Bertz CT molecular complexity index is 1290. The minimum atomic E-state index is -0.878. The monoisotopic (exact) mass is 854 g/mol. The lowest BCUT2D eigenvalue weighted by Gasteiger charge is -2.19. The Labute approximate surface area is 383 Å². The van der Waals surface area contributed by atoms with Crippen molar-refractivity contribution in [3.63, 3.8) is 0 Å². The molecule has 0 saturated carbocycles. The minimum absolute atomic E-state index is 0.0876. The molecule has 62 heavy (non-hydrogen) atoms. The zero-order valence-corrected chi connectivity index (χ0v) is 40.1. The lowest BCUT2D eigenvalue weighted by molar-refractivity contribution is -0.123. The zero-order valence-electron chi connectivity index (χ0n) is 40.1. The SMILES string of the molecule is CC/C=C\C/C=C\C/C=C\C/C=C\C/C=C\C/C=C\C/C=C\C/C=C\CCCCCCCCCCCCCCC(=O)NC(CO)C(O)/C=C/CC/C=C/CC/C=C/CCCCC. The first kappa shape index (κ1) is 58.5. The second kappa shape index (κ2) is 51.9. The fraction of sp³-hybridized carbons (Fsp3) is 0.603. The normalized spacial score (nSPS) is 14.1. The summed E-state index contributed by atoms with van der Waals surface area (Å²) in [5.74, 6) is -0.0876. The average molecular weight is 854 g/mol. The van der Waals surface area contributed by atoms with Crippen LogP contribution in [0, 0.1) is 0 Å². The first-order valence-corrected chi connectivity index (χ1v) is 25.4. The van der Waals surface area contributed by atoms with E-state index in [1.807, 2.05) is 6.08 Å². The lowest BCUT2D eigenvalue weighted by Crippen LogP contribution is -2.45. The molecule has 0 aliphatic rings. The molecule has 0 heterocycles. The maximum absolute atomic E-state index is 12.4. The van der Waals surface area contributed by atoms with Crippen LogP contribution in [0.5, 0.6) is 0 Å². The molecule has 4 nitrogen and oxygen atoms in total. The van der Waals surface area contributed by atoms with Crippen molar-refractivity contribution in [3.05, 3.63) is 134 Å². The molecule has 0 bridgehead atoms. The third-order valence-electron chi connectivity index (χ3n) is 10.6. The van der Waals surface area contributed by atoms with Crippen molar-refractivity contribution >= 4 is 5.91 Å². The molecule has 4 heteroatoms. The number of amides is 1. The summed E-state index contributed by atoms with van der Waals surface area (Å²) in [6.45, 7) is 4.13. The van der Waals surface area contributed by atoms with Crippen LogP contribution in [0.4, 0.5) is 0 Å². The van der Waals surface area contributed by atoms with Gasteiger partial charge in [-0.25, -0.2) is 0 Å². The predicted molar refractivity (Wildman–Crippen MR) is 275 cm³/mol. The number of rotatable bonds is 44. The maximum atomic E-state index is 12.4. The van der Waals surface area contributed by atoms with Crippen LogP contribution in [-0.4, -0.2) is 34.9 Å². The minimum Gasteiger partial charge on any atom is -0.394 e. The highest BCUT2D eigenvalue weighted by Crippen LogP contribution is 2.14. The van der Waals surface area contributed by atoms with E-state index < -0.39 is 12.1 Å². The number of allylic oxidation sites excluding steroid dienone is 21. The quantitative estimate of drug-likeness (QED) is 0.0422. The van der Waals surface area contributed by atoms with Crippen molar-refractivity contribution in [2.75, 3.05) is 6.61 Å². The number of nitrogens with one attached hydrogen (secondary N) is 1. The van der Waals surface area contributed by atoms with Gasteiger partial charge in [-0.15, -0.1) is 0 Å². The predicted octanol–water partition coefficient (Wildman–Crippen LogP) is 16.7. The van der Waals surface area contributed by atoms with Gasteiger partial charge in [0, 0.05) is 6.42 Å². The standard InChI is InChI=1S/C58H95NO3/c1-3-5-7-9-11-13-15-17-18-19-20-21-22-23-24-25-26-27-28-29-30-31-32-33-34-35-36-37-38-39-40-42-44-46-48-50-52-54-58(62)59-56(55-60)57(61)53-51-49-47-45-43-41-16-14-12-10-8-6-4-2/h5,7,11-14,17-18,20-21,23-24,26-27,29-30,32-33,43,45,51,53,56-57,60-61H,3-4,6,8-10,15-16,19,22,25,28,31,34-42,44,46-50,52,54-55H2,1-2H3,(H,59,62)/b7-5-,13-11-,14-12+,18-17-,21-20-,24-23-,27-26-,30-29-,33-32-,45-43+,53-51+. The molecule has 350 valence electrons. The molecular formula is C58H95NO3. The molecule has 1 amide bonds. The number of aliphatic hydroxyl groups is 2. The summed E-state index contributed by atoms with van der Waals surface area (Å²) >= 11 is 0. The van der Waals surface area contributed by atoms with Crippen LogP contribution in [0.25, 0.3) is 0 Å². The molecule has 2 atom stereocenters. The van der Waals surface area contributed by atoms with Gasteiger partial charge in [0.05, 0.1) is 18.8 Å². The third kappa shape index (κ3) is 47.6. The Balaban J connectivity index is 3.61. The fourth-order valence-electron chi connectivity index (χ4n) is 6.75. The Morgan fingerprint density at radius 1 is 0.403 bits per heavy atom. The first-order valence-electron chi connectivity index (χ1n) is 25.4. The molecular weight excluding hydrogens is 759 g/mol. The van der Waals surface area contributed by atoms with Crippen LogP contribution in [-0.2, 0) is 4.79 Å². The van der Waals surface area contributed by atoms with E-state index in [2.05, 4.69) is 141 Å². The van der Waals surface area contributed by atoms with Crippen molar-refractivity contribution in [3.8, 4) is 0 Å². The number of hydrogen-bond donors (Lipinski definition) is 3. The van der Waals surface area contributed by atoms with E-state index in [4.69, 9.17) is 0 Å². The Kier molecular flexibility index (Phi) is 49.0. The fourth-order valence-corrected chi connectivity index (χ4v) is 6.75.